The topological polar surface area (TPSA) is 125 Å². The lowest BCUT2D eigenvalue weighted by Gasteiger charge is -2.19. The maximum absolute atomic E-state index is 11.0. The highest BCUT2D eigenvalue weighted by Crippen LogP contribution is 2.06. The number of carbonyl (C=O) groups is 2. The minimum Gasteiger partial charge on any atom is -0.481 e. The first kappa shape index (κ1) is 17.6. The molecule has 0 radical (unpaired) electrons. The SMILES string of the molecule is CC(=O)O.CC(C)(C)OC(=O)NCCC(=N)N. The van der Waals surface area contributed by atoms with E-state index in [0.717, 1.165) is 6.92 Å². The summed E-state index contributed by atoms with van der Waals surface area (Å²) in [6.07, 6.45) is -0.132. The fraction of sp³-hybridized carbons (Fsp3) is 0.700. The standard InChI is InChI=1S/C8H17N3O2.C2H4O2/c1-8(2,3)13-7(12)11-5-4-6(9)10;1-2(3)4/h4-5H2,1-3H3,(H3,9,10)(H,11,12);1H3,(H,3,4). The summed E-state index contributed by atoms with van der Waals surface area (Å²) in [5.74, 6) is -0.781. The summed E-state index contributed by atoms with van der Waals surface area (Å²) in [6.45, 7) is 6.79. The minimum absolute atomic E-state index is 0.0519. The lowest BCUT2D eigenvalue weighted by molar-refractivity contribution is -0.134. The van der Waals surface area contributed by atoms with Gasteiger partial charge in [0.2, 0.25) is 0 Å². The zero-order valence-corrected chi connectivity index (χ0v) is 10.7. The molecule has 0 atom stereocenters. The van der Waals surface area contributed by atoms with Crippen LogP contribution in [0.4, 0.5) is 4.79 Å². The van der Waals surface area contributed by atoms with Gasteiger partial charge in [0.1, 0.15) is 5.60 Å². The Bertz CT molecular complexity index is 267. The number of aliphatic carboxylic acids is 1. The van der Waals surface area contributed by atoms with Gasteiger partial charge in [0.25, 0.3) is 5.97 Å². The number of alkyl carbamates (subject to hydrolysis) is 1. The normalized spacial score (nSPS) is 9.65. The number of amides is 1. The van der Waals surface area contributed by atoms with Crippen LogP contribution in [0, 0.1) is 5.41 Å². The zero-order valence-electron chi connectivity index (χ0n) is 10.7. The van der Waals surface area contributed by atoms with Crippen LogP contribution in [0.2, 0.25) is 0 Å². The van der Waals surface area contributed by atoms with Gasteiger partial charge in [-0.25, -0.2) is 4.79 Å². The van der Waals surface area contributed by atoms with Crippen LogP contribution in [0.15, 0.2) is 0 Å². The van der Waals surface area contributed by atoms with E-state index in [1.807, 2.05) is 0 Å². The highest BCUT2D eigenvalue weighted by atomic mass is 16.6. The Morgan fingerprint density at radius 3 is 2.12 bits per heavy atom. The van der Waals surface area contributed by atoms with Crippen molar-refractivity contribution in [3.05, 3.63) is 0 Å². The summed E-state index contributed by atoms with van der Waals surface area (Å²) in [5.41, 5.74) is 4.61. The Morgan fingerprint density at radius 1 is 1.41 bits per heavy atom. The smallest absolute Gasteiger partial charge is 0.407 e. The number of rotatable bonds is 3. The molecule has 100 valence electrons. The van der Waals surface area contributed by atoms with Crippen LogP contribution >= 0.6 is 0 Å². The summed E-state index contributed by atoms with van der Waals surface area (Å²) >= 11 is 0. The van der Waals surface area contributed by atoms with Gasteiger partial charge in [-0.1, -0.05) is 0 Å². The van der Waals surface area contributed by atoms with Crippen LogP contribution < -0.4 is 11.1 Å². The molecule has 0 heterocycles. The third kappa shape index (κ3) is 25.0. The van der Waals surface area contributed by atoms with Crippen molar-refractivity contribution in [1.82, 2.24) is 5.32 Å². The van der Waals surface area contributed by atoms with E-state index < -0.39 is 17.7 Å². The molecule has 0 spiro atoms. The summed E-state index contributed by atoms with van der Waals surface area (Å²) < 4.78 is 4.96. The van der Waals surface area contributed by atoms with Gasteiger partial charge < -0.3 is 20.9 Å². The first-order valence-corrected chi connectivity index (χ1v) is 5.04. The van der Waals surface area contributed by atoms with Crippen LogP contribution in [0.3, 0.4) is 0 Å². The van der Waals surface area contributed by atoms with Gasteiger partial charge in [-0.2, -0.15) is 0 Å². The zero-order chi connectivity index (χ0) is 14.1. The number of hydrogen-bond donors (Lipinski definition) is 4. The molecule has 7 heteroatoms. The monoisotopic (exact) mass is 247 g/mol. The summed E-state index contributed by atoms with van der Waals surface area (Å²) in [7, 11) is 0. The van der Waals surface area contributed by atoms with Crippen molar-refractivity contribution in [3.63, 3.8) is 0 Å². The molecule has 0 aromatic carbocycles. The second-order valence-electron chi connectivity index (χ2n) is 4.22. The molecule has 0 aliphatic rings. The molecule has 0 aromatic heterocycles. The van der Waals surface area contributed by atoms with Crippen LogP contribution in [0.1, 0.15) is 34.1 Å². The Kier molecular flexibility index (Phi) is 8.67. The van der Waals surface area contributed by atoms with Gasteiger partial charge in [0, 0.05) is 19.9 Å². The molecule has 1 amide bonds. The van der Waals surface area contributed by atoms with Crippen molar-refractivity contribution < 1.29 is 19.4 Å². The molecule has 17 heavy (non-hydrogen) atoms. The van der Waals surface area contributed by atoms with Crippen LogP contribution in [0.5, 0.6) is 0 Å². The Labute approximate surface area is 101 Å². The lowest BCUT2D eigenvalue weighted by Crippen LogP contribution is -2.34. The molecule has 0 saturated heterocycles. The average Bonchev–Trinajstić information content (AvgIpc) is 1.97. The second kappa shape index (κ2) is 8.37. The summed E-state index contributed by atoms with van der Waals surface area (Å²) in [6, 6.07) is 0. The van der Waals surface area contributed by atoms with Crippen molar-refractivity contribution >= 4 is 17.9 Å². The Balaban J connectivity index is 0. The number of amidine groups is 1. The third-order valence-corrected chi connectivity index (χ3v) is 1.06. The van der Waals surface area contributed by atoms with Crippen molar-refractivity contribution in [3.8, 4) is 0 Å². The molecule has 0 aliphatic carbocycles. The molecule has 0 aliphatic heterocycles. The third-order valence-electron chi connectivity index (χ3n) is 1.06. The molecule has 0 bridgehead atoms. The first-order valence-electron chi connectivity index (χ1n) is 5.04. The fourth-order valence-electron chi connectivity index (χ4n) is 0.613. The van der Waals surface area contributed by atoms with Gasteiger partial charge in [0.05, 0.1) is 5.84 Å². The van der Waals surface area contributed by atoms with Crippen molar-refractivity contribution in [2.24, 2.45) is 5.73 Å². The predicted octanol–water partition coefficient (Wildman–Crippen LogP) is 0.928. The van der Waals surface area contributed by atoms with Gasteiger partial charge in [0.15, 0.2) is 0 Å². The van der Waals surface area contributed by atoms with Crippen molar-refractivity contribution in [2.75, 3.05) is 6.54 Å². The molecule has 0 saturated carbocycles. The highest BCUT2D eigenvalue weighted by molar-refractivity contribution is 5.77. The van der Waals surface area contributed by atoms with E-state index in [-0.39, 0.29) is 5.84 Å². The number of carbonyl (C=O) groups excluding carboxylic acids is 1. The summed E-state index contributed by atoms with van der Waals surface area (Å²) in [5, 5.41) is 16.8. The molecule has 0 unspecified atom stereocenters. The number of nitrogens with two attached hydrogens (primary N) is 1. The van der Waals surface area contributed by atoms with E-state index >= 15 is 0 Å². The highest BCUT2D eigenvalue weighted by Gasteiger charge is 2.15. The van der Waals surface area contributed by atoms with Gasteiger partial charge in [-0.3, -0.25) is 10.2 Å². The molecule has 0 fully saturated rings. The number of nitrogens with one attached hydrogen (secondary N) is 2. The van der Waals surface area contributed by atoms with E-state index in [1.165, 1.54) is 0 Å². The van der Waals surface area contributed by atoms with Gasteiger partial charge >= 0.3 is 6.09 Å². The maximum Gasteiger partial charge on any atom is 0.407 e. The van der Waals surface area contributed by atoms with E-state index in [1.54, 1.807) is 20.8 Å². The van der Waals surface area contributed by atoms with E-state index in [0.29, 0.717) is 13.0 Å². The number of carboxylic acids is 1. The Morgan fingerprint density at radius 2 is 1.82 bits per heavy atom. The van der Waals surface area contributed by atoms with E-state index in [9.17, 15) is 4.79 Å². The van der Waals surface area contributed by atoms with E-state index in [4.69, 9.17) is 25.8 Å². The van der Waals surface area contributed by atoms with Crippen molar-refractivity contribution in [1.29, 1.82) is 5.41 Å². The quantitative estimate of drug-likeness (QED) is 0.436. The largest absolute Gasteiger partial charge is 0.481 e. The fourth-order valence-corrected chi connectivity index (χ4v) is 0.613. The van der Waals surface area contributed by atoms with Crippen molar-refractivity contribution in [2.45, 2.75) is 39.7 Å². The Hall–Kier alpha value is -1.79. The first-order chi connectivity index (χ1) is 7.54. The van der Waals surface area contributed by atoms with Crippen LogP contribution in [-0.4, -0.2) is 35.2 Å². The predicted molar refractivity (Wildman–Crippen MR) is 64.1 cm³/mol. The lowest BCUT2D eigenvalue weighted by atomic mass is 10.2. The van der Waals surface area contributed by atoms with Crippen LogP contribution in [0.25, 0.3) is 0 Å². The minimum atomic E-state index is -0.833. The van der Waals surface area contributed by atoms with E-state index in [2.05, 4.69) is 5.32 Å². The molecule has 0 aromatic rings. The molecule has 5 N–H and O–H groups in total. The number of ether oxygens (including phenoxy) is 1. The second-order valence-corrected chi connectivity index (χ2v) is 4.22. The van der Waals surface area contributed by atoms with Gasteiger partial charge in [-0.15, -0.1) is 0 Å². The molecular weight excluding hydrogens is 226 g/mol. The summed E-state index contributed by atoms with van der Waals surface area (Å²) in [4.78, 5) is 20.0. The molecule has 0 rings (SSSR count). The average molecular weight is 247 g/mol. The molecule has 7 nitrogen and oxygen atoms in total. The number of carboxylic acid groups (broad SMARTS) is 1. The van der Waals surface area contributed by atoms with Gasteiger partial charge in [-0.05, 0) is 20.8 Å². The maximum atomic E-state index is 11.0. The molecular formula is C10H21N3O4. The van der Waals surface area contributed by atoms with Crippen LogP contribution in [-0.2, 0) is 9.53 Å². The number of hydrogen-bond acceptors (Lipinski definition) is 4.